The number of aliphatic hydroxyl groups is 4. The zero-order chi connectivity index (χ0) is 28.6. The molecular formula is C22H24CuN6O12. The largest absolute Gasteiger partial charge is 2.00 e. The second-order valence-electron chi connectivity index (χ2n) is 6.65. The average Bonchev–Trinajstić information content (AvgIpc) is 2.90. The molecule has 8 N–H and O–H groups in total. The van der Waals surface area contributed by atoms with Crippen molar-refractivity contribution in [2.24, 2.45) is 0 Å². The zero-order valence-corrected chi connectivity index (χ0v) is 21.4. The molecule has 4 heterocycles. The molecule has 1 radical (unpaired) electrons. The van der Waals surface area contributed by atoms with Crippen molar-refractivity contribution in [3.63, 3.8) is 0 Å². The van der Waals surface area contributed by atoms with E-state index in [1.807, 2.05) is 0 Å². The molecule has 41 heavy (non-hydrogen) atoms. The summed E-state index contributed by atoms with van der Waals surface area (Å²) in [6.07, 6.45) is 6.00. The summed E-state index contributed by atoms with van der Waals surface area (Å²) < 4.78 is 0. The van der Waals surface area contributed by atoms with Crippen molar-refractivity contribution in [3.05, 3.63) is 151 Å². The van der Waals surface area contributed by atoms with E-state index < -0.39 is 21.7 Å². The van der Waals surface area contributed by atoms with Gasteiger partial charge in [-0.1, -0.05) is 24.3 Å². The summed E-state index contributed by atoms with van der Waals surface area (Å²) in [7, 11) is 0. The molecule has 0 aliphatic rings. The third kappa shape index (κ3) is 14.9. The van der Waals surface area contributed by atoms with Gasteiger partial charge >= 0.3 is 17.1 Å². The average molecular weight is 628 g/mol. The van der Waals surface area contributed by atoms with E-state index in [4.69, 9.17) is 30.6 Å². The molecule has 4 rings (SSSR count). The molecular weight excluding hydrogens is 604 g/mol. The van der Waals surface area contributed by atoms with Crippen LogP contribution >= 0.6 is 0 Å². The molecule has 19 heteroatoms. The molecule has 18 nitrogen and oxygen atoms in total. The van der Waals surface area contributed by atoms with Gasteiger partial charge in [0, 0.05) is 24.8 Å². The van der Waals surface area contributed by atoms with Crippen LogP contribution in [0.1, 0.15) is 22.8 Å². The summed E-state index contributed by atoms with van der Waals surface area (Å²) in [5.41, 5.74) is 0.625. The number of pyridine rings is 4. The van der Waals surface area contributed by atoms with Crippen LogP contribution in [0.3, 0.4) is 0 Å². The minimum Gasteiger partial charge on any atom is -0.412 e. The Balaban J connectivity index is -0.000000529. The van der Waals surface area contributed by atoms with Gasteiger partial charge in [0.05, 0.1) is 10.2 Å². The fourth-order valence-corrected chi connectivity index (χ4v) is 2.54. The first-order valence-electron chi connectivity index (χ1n) is 10.1. The van der Waals surface area contributed by atoms with Crippen LogP contribution in [0.5, 0.6) is 0 Å². The third-order valence-corrected chi connectivity index (χ3v) is 4.09. The fraction of sp³-hybridized carbons (Fsp3) is 0.0909. The summed E-state index contributed by atoms with van der Waals surface area (Å²) in [5, 5.41) is 69.1. The predicted molar refractivity (Wildman–Crippen MR) is 135 cm³/mol. The first kappa shape index (κ1) is 40.8. The van der Waals surface area contributed by atoms with Crippen molar-refractivity contribution in [3.8, 4) is 0 Å². The van der Waals surface area contributed by atoms with Gasteiger partial charge in [-0.15, -0.1) is 0 Å². The van der Waals surface area contributed by atoms with Gasteiger partial charge in [-0.2, -0.15) is 0 Å². The van der Waals surface area contributed by atoms with Crippen LogP contribution in [-0.4, -0.2) is 61.5 Å². The van der Waals surface area contributed by atoms with Gasteiger partial charge in [0.1, 0.15) is 22.8 Å². The molecule has 4 aromatic rings. The maximum Gasteiger partial charge on any atom is 2.00 e. The smallest absolute Gasteiger partial charge is 0.412 e. The van der Waals surface area contributed by atoms with Crippen molar-refractivity contribution in [2.75, 3.05) is 0 Å². The Morgan fingerprint density at radius 3 is 0.780 bits per heavy atom. The monoisotopic (exact) mass is 627 g/mol. The first-order valence-corrected chi connectivity index (χ1v) is 10.1. The second kappa shape index (κ2) is 20.2. The molecule has 0 aromatic carbocycles. The van der Waals surface area contributed by atoms with Crippen LogP contribution in [-0.2, 0) is 28.6 Å². The minimum absolute atomic E-state index is 0. The molecule has 4 aromatic heterocycles. The molecule has 0 aliphatic heterocycles. The van der Waals surface area contributed by atoms with Gasteiger partial charge in [-0.3, -0.25) is 19.9 Å². The fourth-order valence-electron chi connectivity index (χ4n) is 2.54. The summed E-state index contributed by atoms with van der Waals surface area (Å²) in [6, 6.07) is 19.7. The summed E-state index contributed by atoms with van der Waals surface area (Å²) in [6.45, 7) is 0. The molecule has 225 valence electrons. The van der Waals surface area contributed by atoms with Gasteiger partial charge < -0.3 is 62.0 Å². The first-order chi connectivity index (χ1) is 17.9. The Kier molecular flexibility index (Phi) is 20.1. The Morgan fingerprint density at radius 2 is 0.659 bits per heavy atom. The van der Waals surface area contributed by atoms with Crippen LogP contribution in [0.2, 0.25) is 0 Å². The molecule has 0 atom stereocenters. The second-order valence-corrected chi connectivity index (χ2v) is 6.65. The molecule has 0 amide bonds. The van der Waals surface area contributed by atoms with Gasteiger partial charge in [0.2, 0.25) is 0 Å². The number of hydrogen-bond acceptors (Lipinski definition) is 14. The topological polar surface area (TPSA) is 328 Å². The Labute approximate surface area is 241 Å². The molecule has 0 bridgehead atoms. The Morgan fingerprint density at radius 1 is 0.488 bits per heavy atom. The number of hydrogen-bond donors (Lipinski definition) is 4. The van der Waals surface area contributed by atoms with E-state index in [0.29, 0.717) is 0 Å². The van der Waals surface area contributed by atoms with Crippen LogP contribution in [0, 0.1) is 30.6 Å². The minimum atomic E-state index is -2.14. The van der Waals surface area contributed by atoms with E-state index in [1.54, 1.807) is 48.5 Å². The predicted octanol–water partition coefficient (Wildman–Crippen LogP) is -0.806. The van der Waals surface area contributed by atoms with E-state index in [1.165, 1.54) is 49.1 Å². The molecule has 0 spiro atoms. The van der Waals surface area contributed by atoms with Gasteiger partial charge in [0.25, 0.3) is 11.6 Å². The van der Waals surface area contributed by atoms with Gasteiger partial charge in [-0.05, 0) is 48.5 Å². The van der Waals surface area contributed by atoms with Crippen LogP contribution in [0.25, 0.3) is 0 Å². The van der Waals surface area contributed by atoms with E-state index in [-0.39, 0.29) is 50.8 Å². The number of aromatic nitrogens is 4. The van der Waals surface area contributed by atoms with Gasteiger partial charge in [0.15, 0.2) is 0 Å². The standard InChI is InChI=1S/2C11H10N2O2.Cu.2NO3.2H2O/c2*14-11(15,9-5-1-3-7-12-9)10-6-2-4-8-13-10;;2*2-1(3)4;;/h2*1-8,14-15H;;;;2*1H2/q;;+2;2*-1;;. The number of rotatable bonds is 4. The summed E-state index contributed by atoms with van der Waals surface area (Å²) >= 11 is 0. The third-order valence-electron chi connectivity index (χ3n) is 4.09. The van der Waals surface area contributed by atoms with Crippen molar-refractivity contribution < 1.29 is 58.6 Å². The van der Waals surface area contributed by atoms with Crippen molar-refractivity contribution in [2.45, 2.75) is 11.6 Å². The van der Waals surface area contributed by atoms with E-state index in [9.17, 15) is 20.4 Å². The molecule has 0 saturated heterocycles. The SMILES string of the molecule is O.O.O=[N+]([O-])[O-].O=[N+]([O-])[O-].OC(O)(c1ccccn1)c1ccccn1.OC(O)(c1ccccn1)c1ccccn1.[Cu+2]. The summed E-state index contributed by atoms with van der Waals surface area (Å²) in [5.74, 6) is -4.27. The Bertz CT molecular complexity index is 1060. The van der Waals surface area contributed by atoms with Crippen LogP contribution in [0.4, 0.5) is 0 Å². The normalized spacial score (nSPS) is 9.46. The van der Waals surface area contributed by atoms with E-state index in [2.05, 4.69) is 19.9 Å². The molecule has 0 fully saturated rings. The number of nitrogens with zero attached hydrogens (tertiary/aromatic N) is 6. The van der Waals surface area contributed by atoms with E-state index in [0.717, 1.165) is 0 Å². The van der Waals surface area contributed by atoms with Crippen LogP contribution < -0.4 is 0 Å². The maximum absolute atomic E-state index is 9.89. The zero-order valence-electron chi connectivity index (χ0n) is 20.5. The summed E-state index contributed by atoms with van der Waals surface area (Å²) in [4.78, 5) is 32.0. The van der Waals surface area contributed by atoms with E-state index >= 15 is 0 Å². The van der Waals surface area contributed by atoms with Crippen molar-refractivity contribution in [1.82, 2.24) is 19.9 Å². The quantitative estimate of drug-likeness (QED) is 0.0930. The van der Waals surface area contributed by atoms with Crippen molar-refractivity contribution in [1.29, 1.82) is 0 Å². The molecule has 0 saturated carbocycles. The molecule has 0 aliphatic carbocycles. The Hall–Kier alpha value is -4.72. The van der Waals surface area contributed by atoms with Crippen LogP contribution in [0.15, 0.2) is 97.6 Å². The molecule has 0 unspecified atom stereocenters. The maximum atomic E-state index is 9.89. The van der Waals surface area contributed by atoms with Gasteiger partial charge in [-0.25, -0.2) is 0 Å². The van der Waals surface area contributed by atoms with Crippen molar-refractivity contribution >= 4 is 0 Å².